The van der Waals surface area contributed by atoms with Crippen LogP contribution in [0.25, 0.3) is 0 Å². The molecule has 0 N–H and O–H groups in total. The van der Waals surface area contributed by atoms with Crippen molar-refractivity contribution in [3.8, 4) is 0 Å². The van der Waals surface area contributed by atoms with E-state index >= 15 is 0 Å². The van der Waals surface area contributed by atoms with Gasteiger partial charge in [-0.3, -0.25) is 0 Å². The fourth-order valence-corrected chi connectivity index (χ4v) is 2.69. The van der Waals surface area contributed by atoms with Crippen LogP contribution in [0.1, 0.15) is 72.6 Å². The number of carbonyl (C=O) groups excluding carboxylic acids is 1. The van der Waals surface area contributed by atoms with Gasteiger partial charge < -0.3 is 9.47 Å². The lowest BCUT2D eigenvalue weighted by molar-refractivity contribution is -0.251. The van der Waals surface area contributed by atoms with Crippen molar-refractivity contribution in [2.24, 2.45) is 10.9 Å². The van der Waals surface area contributed by atoms with Gasteiger partial charge in [-0.1, -0.05) is 45.4 Å². The summed E-state index contributed by atoms with van der Waals surface area (Å²) >= 11 is 0. The van der Waals surface area contributed by atoms with Gasteiger partial charge in [0.05, 0.1) is 6.54 Å². The average molecular weight is 299 g/mol. The lowest BCUT2D eigenvalue weighted by Gasteiger charge is -2.36. The van der Waals surface area contributed by atoms with E-state index in [1.807, 2.05) is 20.8 Å². The number of hydrogen-bond acceptors (Lipinski definition) is 4. The molecule has 0 spiro atoms. The Morgan fingerprint density at radius 2 is 1.57 bits per heavy atom. The van der Waals surface area contributed by atoms with Crippen LogP contribution in [-0.4, -0.2) is 31.6 Å². The van der Waals surface area contributed by atoms with Crippen LogP contribution in [0.15, 0.2) is 4.99 Å². The maximum atomic E-state index is 10.4. The molecule has 0 aliphatic rings. The fourth-order valence-electron chi connectivity index (χ4n) is 2.69. The Hall–Kier alpha value is -0.700. The first-order valence-corrected chi connectivity index (χ1v) is 8.46. The highest BCUT2D eigenvalue weighted by Gasteiger charge is 2.35. The molecule has 0 rings (SSSR count). The molecule has 4 nitrogen and oxygen atoms in total. The van der Waals surface area contributed by atoms with Crippen molar-refractivity contribution in [3.63, 3.8) is 0 Å². The monoisotopic (exact) mass is 299 g/mol. The van der Waals surface area contributed by atoms with Gasteiger partial charge in [0.15, 0.2) is 5.79 Å². The van der Waals surface area contributed by atoms with Crippen LogP contribution in [0.5, 0.6) is 0 Å². The highest BCUT2D eigenvalue weighted by molar-refractivity contribution is 5.32. The first kappa shape index (κ1) is 20.3. The molecule has 124 valence electrons. The minimum Gasteiger partial charge on any atom is -0.350 e. The van der Waals surface area contributed by atoms with Crippen molar-refractivity contribution < 1.29 is 14.3 Å². The molecule has 0 heterocycles. The highest BCUT2D eigenvalue weighted by atomic mass is 16.7. The van der Waals surface area contributed by atoms with Crippen molar-refractivity contribution in [1.29, 1.82) is 0 Å². The van der Waals surface area contributed by atoms with Gasteiger partial charge >= 0.3 is 0 Å². The summed E-state index contributed by atoms with van der Waals surface area (Å²) in [5.74, 6) is -0.558. The first-order valence-electron chi connectivity index (χ1n) is 8.46. The Bertz CT molecular complexity index is 282. The molecule has 0 aromatic carbocycles. The maximum absolute atomic E-state index is 10.4. The number of unbranched alkanes of at least 4 members (excludes halogenated alkanes) is 5. The zero-order chi connectivity index (χ0) is 16.0. The SMILES string of the molecule is CCCCCCCCC(CN=C=O)C(C)(OCC)OCC. The van der Waals surface area contributed by atoms with Crippen molar-refractivity contribution in [2.45, 2.75) is 78.4 Å². The Morgan fingerprint density at radius 1 is 1.00 bits per heavy atom. The van der Waals surface area contributed by atoms with E-state index < -0.39 is 5.79 Å². The van der Waals surface area contributed by atoms with E-state index in [0.717, 1.165) is 12.8 Å². The van der Waals surface area contributed by atoms with Crippen LogP contribution >= 0.6 is 0 Å². The maximum Gasteiger partial charge on any atom is 0.234 e. The van der Waals surface area contributed by atoms with Gasteiger partial charge in [0, 0.05) is 19.1 Å². The number of hydrogen-bond donors (Lipinski definition) is 0. The largest absolute Gasteiger partial charge is 0.350 e. The highest BCUT2D eigenvalue weighted by Crippen LogP contribution is 2.29. The molecular weight excluding hydrogens is 266 g/mol. The quantitative estimate of drug-likeness (QED) is 0.206. The zero-order valence-corrected chi connectivity index (χ0v) is 14.3. The van der Waals surface area contributed by atoms with Gasteiger partial charge in [0.2, 0.25) is 6.08 Å². The Kier molecular flexibility index (Phi) is 12.6. The summed E-state index contributed by atoms with van der Waals surface area (Å²) in [5, 5.41) is 0. The minimum atomic E-state index is -0.659. The third-order valence-electron chi connectivity index (χ3n) is 3.89. The Morgan fingerprint density at radius 3 is 2.10 bits per heavy atom. The van der Waals surface area contributed by atoms with Crippen molar-refractivity contribution in [3.05, 3.63) is 0 Å². The van der Waals surface area contributed by atoms with E-state index in [1.54, 1.807) is 6.08 Å². The van der Waals surface area contributed by atoms with Crippen LogP contribution in [0.4, 0.5) is 0 Å². The minimum absolute atomic E-state index is 0.102. The molecule has 21 heavy (non-hydrogen) atoms. The van der Waals surface area contributed by atoms with E-state index in [9.17, 15) is 4.79 Å². The van der Waals surface area contributed by atoms with Gasteiger partial charge in [-0.2, -0.15) is 0 Å². The molecule has 0 bridgehead atoms. The summed E-state index contributed by atoms with van der Waals surface area (Å²) < 4.78 is 11.6. The molecule has 4 heteroatoms. The van der Waals surface area contributed by atoms with Crippen molar-refractivity contribution >= 4 is 6.08 Å². The number of ether oxygens (including phenoxy) is 2. The predicted octanol–water partition coefficient (Wildman–Crippen LogP) is 4.48. The van der Waals surface area contributed by atoms with E-state index in [1.165, 1.54) is 32.1 Å². The smallest absolute Gasteiger partial charge is 0.234 e. The van der Waals surface area contributed by atoms with Gasteiger partial charge in [-0.15, -0.1) is 0 Å². The van der Waals surface area contributed by atoms with Gasteiger partial charge in [0.25, 0.3) is 0 Å². The standard InChI is InChI=1S/C17H33NO3/c1-5-8-9-10-11-12-13-16(14-18-15-19)17(4,20-6-2)21-7-3/h16H,5-14H2,1-4H3. The molecule has 0 aromatic rings. The van der Waals surface area contributed by atoms with Crippen molar-refractivity contribution in [2.75, 3.05) is 19.8 Å². The van der Waals surface area contributed by atoms with Crippen LogP contribution < -0.4 is 0 Å². The van der Waals surface area contributed by atoms with E-state index in [-0.39, 0.29) is 5.92 Å². The van der Waals surface area contributed by atoms with Gasteiger partial charge in [-0.25, -0.2) is 9.79 Å². The van der Waals surface area contributed by atoms with E-state index in [2.05, 4.69) is 11.9 Å². The van der Waals surface area contributed by atoms with Crippen LogP contribution in [0.2, 0.25) is 0 Å². The number of isocyanates is 1. The Balaban J connectivity index is 4.42. The van der Waals surface area contributed by atoms with Gasteiger partial charge in [0.1, 0.15) is 0 Å². The second-order valence-corrected chi connectivity index (χ2v) is 5.57. The second-order valence-electron chi connectivity index (χ2n) is 5.57. The average Bonchev–Trinajstić information content (AvgIpc) is 2.46. The number of nitrogens with zero attached hydrogens (tertiary/aromatic N) is 1. The summed E-state index contributed by atoms with van der Waals surface area (Å²) in [6.07, 6.45) is 10.1. The second kappa shape index (κ2) is 13.0. The molecule has 1 unspecified atom stereocenters. The zero-order valence-electron chi connectivity index (χ0n) is 14.3. The predicted molar refractivity (Wildman–Crippen MR) is 86.1 cm³/mol. The summed E-state index contributed by atoms with van der Waals surface area (Å²) in [7, 11) is 0. The van der Waals surface area contributed by atoms with Crippen LogP contribution in [0, 0.1) is 5.92 Å². The molecule has 0 aliphatic carbocycles. The van der Waals surface area contributed by atoms with Crippen molar-refractivity contribution in [1.82, 2.24) is 0 Å². The fraction of sp³-hybridized carbons (Fsp3) is 0.941. The molecule has 0 aromatic heterocycles. The topological polar surface area (TPSA) is 47.9 Å². The third-order valence-corrected chi connectivity index (χ3v) is 3.89. The molecule has 0 radical (unpaired) electrons. The normalized spacial score (nSPS) is 13.0. The van der Waals surface area contributed by atoms with E-state index in [0.29, 0.717) is 19.8 Å². The lowest BCUT2D eigenvalue weighted by Crippen LogP contribution is -2.42. The summed E-state index contributed by atoms with van der Waals surface area (Å²) in [5.41, 5.74) is 0. The molecular formula is C17H33NO3. The molecule has 0 aliphatic heterocycles. The lowest BCUT2D eigenvalue weighted by atomic mass is 9.92. The molecule has 0 fully saturated rings. The first-order chi connectivity index (χ1) is 10.1. The van der Waals surface area contributed by atoms with E-state index in [4.69, 9.17) is 9.47 Å². The summed E-state index contributed by atoms with van der Waals surface area (Å²) in [6, 6.07) is 0. The Labute approximate surface area is 130 Å². The van der Waals surface area contributed by atoms with Crippen LogP contribution in [-0.2, 0) is 14.3 Å². The molecule has 0 saturated carbocycles. The van der Waals surface area contributed by atoms with Gasteiger partial charge in [-0.05, 0) is 27.2 Å². The number of aliphatic imine (C=N–C) groups is 1. The van der Waals surface area contributed by atoms with Crippen LogP contribution in [0.3, 0.4) is 0 Å². The molecule has 1 atom stereocenters. The summed E-state index contributed by atoms with van der Waals surface area (Å²) in [4.78, 5) is 14.2. The molecule has 0 saturated heterocycles. The third kappa shape index (κ3) is 9.02. The number of rotatable bonds is 14. The molecule has 0 amide bonds. The summed E-state index contributed by atoms with van der Waals surface area (Å²) in [6.45, 7) is 9.72.